The zero-order chi connectivity index (χ0) is 19.0. The lowest BCUT2D eigenvalue weighted by atomic mass is 10.1. The monoisotopic (exact) mass is 372 g/mol. The zero-order valence-electron chi connectivity index (χ0n) is 16.4. The summed E-state index contributed by atoms with van der Waals surface area (Å²) in [5, 5.41) is 12.2. The van der Waals surface area contributed by atoms with E-state index in [1.165, 1.54) is 11.3 Å². The molecule has 1 unspecified atom stereocenters. The molecule has 1 amide bonds. The minimum atomic E-state index is -0.0911. The molecule has 0 saturated carbocycles. The number of aromatic nitrogens is 4. The smallest absolute Gasteiger partial charge is 0.272 e. The Hall–Kier alpha value is -2.19. The molecule has 27 heavy (non-hydrogen) atoms. The number of amides is 1. The van der Waals surface area contributed by atoms with Crippen molar-refractivity contribution in [3.63, 3.8) is 0 Å². The van der Waals surface area contributed by atoms with Gasteiger partial charge in [-0.15, -0.1) is 0 Å². The summed E-state index contributed by atoms with van der Waals surface area (Å²) >= 11 is 0. The van der Waals surface area contributed by atoms with Crippen LogP contribution in [0.15, 0.2) is 6.07 Å². The topological polar surface area (TPSA) is 77.2 Å². The molecule has 4 heterocycles. The van der Waals surface area contributed by atoms with Crippen molar-refractivity contribution in [2.45, 2.75) is 52.4 Å². The highest BCUT2D eigenvalue weighted by atomic mass is 16.5. The van der Waals surface area contributed by atoms with Gasteiger partial charge in [0.05, 0.1) is 18.9 Å². The van der Waals surface area contributed by atoms with Gasteiger partial charge in [0.1, 0.15) is 5.69 Å². The number of fused-ring (bicyclic) bond motifs is 1. The Bertz CT molecular complexity index is 820. The number of nitrogens with zero attached hydrogens (tertiary/aromatic N) is 5. The van der Waals surface area contributed by atoms with Crippen molar-refractivity contribution in [2.24, 2.45) is 7.05 Å². The molecule has 0 spiro atoms. The minimum absolute atomic E-state index is 0.0911. The molecule has 1 saturated heterocycles. The third-order valence-electron chi connectivity index (χ3n) is 5.61. The number of rotatable bonds is 5. The van der Waals surface area contributed by atoms with Gasteiger partial charge in [-0.05, 0) is 26.3 Å². The lowest BCUT2D eigenvalue weighted by molar-refractivity contribution is 0.0932. The van der Waals surface area contributed by atoms with Crippen molar-refractivity contribution in [1.82, 2.24) is 29.8 Å². The first kappa shape index (κ1) is 18.2. The average Bonchev–Trinajstić information content (AvgIpc) is 3.34. The van der Waals surface area contributed by atoms with Gasteiger partial charge in [-0.1, -0.05) is 0 Å². The quantitative estimate of drug-likeness (QED) is 0.848. The number of carbonyl (C=O) groups excluding carboxylic acids is 1. The van der Waals surface area contributed by atoms with Crippen LogP contribution in [0, 0.1) is 6.92 Å². The summed E-state index contributed by atoms with van der Waals surface area (Å²) in [7, 11) is 1.85. The maximum absolute atomic E-state index is 12.4. The van der Waals surface area contributed by atoms with Crippen LogP contribution in [0.4, 0.5) is 0 Å². The molecule has 2 aliphatic heterocycles. The van der Waals surface area contributed by atoms with E-state index in [-0.39, 0.29) is 11.9 Å². The van der Waals surface area contributed by atoms with Crippen LogP contribution in [0.25, 0.3) is 0 Å². The fourth-order valence-electron chi connectivity index (χ4n) is 4.00. The molecule has 1 N–H and O–H groups in total. The lowest BCUT2D eigenvalue weighted by Crippen LogP contribution is -2.37. The van der Waals surface area contributed by atoms with Crippen molar-refractivity contribution in [1.29, 1.82) is 0 Å². The normalized spacial score (nSPS) is 20.0. The summed E-state index contributed by atoms with van der Waals surface area (Å²) in [6.07, 6.45) is 1.89. The number of ether oxygens (including phenoxy) is 1. The van der Waals surface area contributed by atoms with Crippen LogP contribution < -0.4 is 5.32 Å². The summed E-state index contributed by atoms with van der Waals surface area (Å²) < 4.78 is 9.50. The number of aryl methyl sites for hydroxylation is 3. The average molecular weight is 372 g/mol. The van der Waals surface area contributed by atoms with Gasteiger partial charge in [0.25, 0.3) is 5.91 Å². The minimum Gasteiger partial charge on any atom is -0.376 e. The van der Waals surface area contributed by atoms with Crippen LogP contribution in [0.5, 0.6) is 0 Å². The first-order valence-electron chi connectivity index (χ1n) is 9.74. The molecule has 2 aliphatic rings. The molecule has 0 aromatic carbocycles. The predicted molar refractivity (Wildman–Crippen MR) is 100 cm³/mol. The van der Waals surface area contributed by atoms with Crippen molar-refractivity contribution in [2.75, 3.05) is 19.7 Å². The van der Waals surface area contributed by atoms with E-state index in [0.29, 0.717) is 12.3 Å². The highest BCUT2D eigenvalue weighted by Crippen LogP contribution is 2.23. The Balaban J connectivity index is 1.37. The van der Waals surface area contributed by atoms with Gasteiger partial charge in [0.2, 0.25) is 0 Å². The van der Waals surface area contributed by atoms with Crippen molar-refractivity contribution < 1.29 is 9.53 Å². The van der Waals surface area contributed by atoms with Gasteiger partial charge in [0.15, 0.2) is 0 Å². The van der Waals surface area contributed by atoms with E-state index < -0.39 is 0 Å². The number of hydrogen-bond donors (Lipinski definition) is 1. The lowest BCUT2D eigenvalue weighted by Gasteiger charge is -2.18. The van der Waals surface area contributed by atoms with E-state index in [1.54, 1.807) is 4.68 Å². The zero-order valence-corrected chi connectivity index (χ0v) is 16.4. The second kappa shape index (κ2) is 7.44. The van der Waals surface area contributed by atoms with Crippen LogP contribution in [-0.2, 0) is 37.9 Å². The molecule has 0 aliphatic carbocycles. The maximum atomic E-state index is 12.4. The molecule has 0 radical (unpaired) electrons. The molecule has 4 rings (SSSR count). The molecule has 2 aromatic heterocycles. The highest BCUT2D eigenvalue weighted by molar-refractivity contribution is 5.92. The molecule has 8 heteroatoms. The van der Waals surface area contributed by atoms with Gasteiger partial charge in [0, 0.05) is 62.6 Å². The first-order chi connectivity index (χ1) is 13.0. The van der Waals surface area contributed by atoms with Crippen molar-refractivity contribution >= 4 is 5.91 Å². The molecule has 0 bridgehead atoms. The number of carbonyl (C=O) groups is 1. The number of likely N-dealkylation sites (tertiary alicyclic amines) is 1. The van der Waals surface area contributed by atoms with E-state index in [1.807, 2.05) is 20.0 Å². The summed E-state index contributed by atoms with van der Waals surface area (Å²) in [5.74, 6) is -0.0911. The van der Waals surface area contributed by atoms with E-state index in [0.717, 1.165) is 57.0 Å². The van der Waals surface area contributed by atoms with Gasteiger partial charge >= 0.3 is 0 Å². The second-order valence-corrected chi connectivity index (χ2v) is 7.48. The van der Waals surface area contributed by atoms with Crippen LogP contribution >= 0.6 is 0 Å². The van der Waals surface area contributed by atoms with Gasteiger partial charge < -0.3 is 10.1 Å². The highest BCUT2D eigenvalue weighted by Gasteiger charge is 2.28. The molecular weight excluding hydrogens is 344 g/mol. The fourth-order valence-corrected chi connectivity index (χ4v) is 4.00. The third-order valence-corrected chi connectivity index (χ3v) is 5.61. The number of hydrogen-bond acceptors (Lipinski definition) is 5. The standard InChI is InChI=1S/C19H28N6O2/c1-4-25-18-6-8-27-12-15(18)17(22-25)11-24-7-5-14(10-24)20-19(26)16-9-13(2)23(3)21-16/h9,14H,4-8,10-12H2,1-3H3,(H,20,26). The first-order valence-corrected chi connectivity index (χ1v) is 9.74. The third kappa shape index (κ3) is 3.64. The molecule has 146 valence electrons. The maximum Gasteiger partial charge on any atom is 0.272 e. The van der Waals surface area contributed by atoms with Crippen molar-refractivity contribution in [3.05, 3.63) is 34.4 Å². The van der Waals surface area contributed by atoms with Crippen LogP contribution in [0.2, 0.25) is 0 Å². The second-order valence-electron chi connectivity index (χ2n) is 7.48. The van der Waals surface area contributed by atoms with Crippen molar-refractivity contribution in [3.8, 4) is 0 Å². The van der Waals surface area contributed by atoms with E-state index in [9.17, 15) is 4.79 Å². The number of nitrogens with one attached hydrogen (secondary N) is 1. The summed E-state index contributed by atoms with van der Waals surface area (Å²) in [6.45, 7) is 9.03. The Labute approximate surface area is 159 Å². The van der Waals surface area contributed by atoms with E-state index in [2.05, 4.69) is 26.9 Å². The van der Waals surface area contributed by atoms with Crippen LogP contribution in [0.3, 0.4) is 0 Å². The predicted octanol–water partition coefficient (Wildman–Crippen LogP) is 1.02. The van der Waals surface area contributed by atoms with Crippen LogP contribution in [0.1, 0.15) is 46.5 Å². The molecule has 2 aromatic rings. The van der Waals surface area contributed by atoms with E-state index >= 15 is 0 Å². The Morgan fingerprint density at radius 1 is 1.41 bits per heavy atom. The Morgan fingerprint density at radius 2 is 2.26 bits per heavy atom. The SMILES string of the molecule is CCn1nc(CN2CCC(NC(=O)c3cc(C)n(C)n3)C2)c2c1CCOC2. The molecular formula is C19H28N6O2. The van der Waals surface area contributed by atoms with Gasteiger partial charge in [-0.2, -0.15) is 10.2 Å². The largest absolute Gasteiger partial charge is 0.376 e. The van der Waals surface area contributed by atoms with Gasteiger partial charge in [-0.25, -0.2) is 0 Å². The Kier molecular flexibility index (Phi) is 5.01. The van der Waals surface area contributed by atoms with Crippen LogP contribution in [-0.4, -0.2) is 56.1 Å². The Morgan fingerprint density at radius 3 is 3.00 bits per heavy atom. The summed E-state index contributed by atoms with van der Waals surface area (Å²) in [5.41, 5.74) is 5.18. The fraction of sp³-hybridized carbons (Fsp3) is 0.632. The summed E-state index contributed by atoms with van der Waals surface area (Å²) in [6, 6.07) is 1.98. The van der Waals surface area contributed by atoms with E-state index in [4.69, 9.17) is 9.84 Å². The molecule has 1 fully saturated rings. The summed E-state index contributed by atoms with van der Waals surface area (Å²) in [4.78, 5) is 14.8. The molecule has 8 nitrogen and oxygen atoms in total. The van der Waals surface area contributed by atoms with Gasteiger partial charge in [-0.3, -0.25) is 19.1 Å². The molecule has 1 atom stereocenters.